The Hall–Kier alpha value is -0.900. The maximum Gasteiger partial charge on any atom is 0.0914 e. The standard InChI is InChI=1S/C12H18N2O/c13-15-12-7-4-8-14(10-12)9-11-5-2-1-3-6-11/h1-3,5-6,12H,4,7-10,13H2. The largest absolute Gasteiger partial charge is 0.300 e. The molecule has 2 rings (SSSR count). The molecule has 1 atom stereocenters. The second-order valence-electron chi connectivity index (χ2n) is 4.12. The molecule has 1 heterocycles. The maximum atomic E-state index is 5.23. The molecule has 3 nitrogen and oxygen atoms in total. The summed E-state index contributed by atoms with van der Waals surface area (Å²) in [5.41, 5.74) is 1.36. The monoisotopic (exact) mass is 206 g/mol. The van der Waals surface area contributed by atoms with Crippen molar-refractivity contribution in [2.75, 3.05) is 13.1 Å². The van der Waals surface area contributed by atoms with Gasteiger partial charge in [-0.25, -0.2) is 5.90 Å². The molecular formula is C12H18N2O. The number of rotatable bonds is 3. The predicted octanol–water partition coefficient (Wildman–Crippen LogP) is 1.54. The van der Waals surface area contributed by atoms with Crippen molar-refractivity contribution >= 4 is 0 Å². The van der Waals surface area contributed by atoms with E-state index < -0.39 is 0 Å². The van der Waals surface area contributed by atoms with Gasteiger partial charge in [-0.3, -0.25) is 9.74 Å². The van der Waals surface area contributed by atoms with E-state index in [0.29, 0.717) is 0 Å². The van der Waals surface area contributed by atoms with E-state index in [1.807, 2.05) is 6.07 Å². The van der Waals surface area contributed by atoms with E-state index in [-0.39, 0.29) is 6.10 Å². The zero-order chi connectivity index (χ0) is 10.5. The van der Waals surface area contributed by atoms with Crippen LogP contribution in [0.5, 0.6) is 0 Å². The zero-order valence-electron chi connectivity index (χ0n) is 8.93. The van der Waals surface area contributed by atoms with E-state index in [1.54, 1.807) is 0 Å². The highest BCUT2D eigenvalue weighted by Gasteiger charge is 2.19. The minimum atomic E-state index is 0.211. The van der Waals surface area contributed by atoms with Crippen LogP contribution in [0.25, 0.3) is 0 Å². The lowest BCUT2D eigenvalue weighted by atomic mass is 10.1. The molecule has 1 aliphatic heterocycles. The Kier molecular flexibility index (Phi) is 3.72. The van der Waals surface area contributed by atoms with Gasteiger partial charge in [-0.05, 0) is 24.9 Å². The topological polar surface area (TPSA) is 38.5 Å². The van der Waals surface area contributed by atoms with E-state index >= 15 is 0 Å². The first-order valence-corrected chi connectivity index (χ1v) is 5.50. The van der Waals surface area contributed by atoms with Crippen molar-refractivity contribution in [3.8, 4) is 0 Å². The molecule has 1 fully saturated rings. The lowest BCUT2D eigenvalue weighted by molar-refractivity contribution is -0.00367. The number of nitrogens with two attached hydrogens (primary N) is 1. The molecule has 1 aromatic rings. The van der Waals surface area contributed by atoms with Crippen LogP contribution >= 0.6 is 0 Å². The van der Waals surface area contributed by atoms with Gasteiger partial charge in [-0.1, -0.05) is 30.3 Å². The predicted molar refractivity (Wildman–Crippen MR) is 60.0 cm³/mol. The fourth-order valence-electron chi connectivity index (χ4n) is 2.11. The number of benzene rings is 1. The highest BCUT2D eigenvalue weighted by atomic mass is 16.6. The van der Waals surface area contributed by atoms with Crippen LogP contribution in [-0.4, -0.2) is 24.1 Å². The summed E-state index contributed by atoms with van der Waals surface area (Å²) in [6, 6.07) is 10.5. The lowest BCUT2D eigenvalue weighted by Gasteiger charge is -2.31. The first kappa shape index (κ1) is 10.6. The van der Waals surface area contributed by atoms with Crippen LogP contribution in [0.15, 0.2) is 30.3 Å². The first-order valence-electron chi connectivity index (χ1n) is 5.50. The zero-order valence-corrected chi connectivity index (χ0v) is 8.93. The van der Waals surface area contributed by atoms with Gasteiger partial charge in [-0.2, -0.15) is 0 Å². The van der Waals surface area contributed by atoms with E-state index in [9.17, 15) is 0 Å². The molecule has 0 radical (unpaired) electrons. The molecule has 82 valence electrons. The van der Waals surface area contributed by atoms with E-state index in [4.69, 9.17) is 10.7 Å². The Labute approximate surface area is 90.8 Å². The highest BCUT2D eigenvalue weighted by Crippen LogP contribution is 2.14. The van der Waals surface area contributed by atoms with Crippen molar-refractivity contribution in [2.45, 2.75) is 25.5 Å². The minimum Gasteiger partial charge on any atom is -0.300 e. The third kappa shape index (κ3) is 3.02. The van der Waals surface area contributed by atoms with E-state index in [1.165, 1.54) is 12.0 Å². The Morgan fingerprint density at radius 1 is 1.33 bits per heavy atom. The molecular weight excluding hydrogens is 188 g/mol. The van der Waals surface area contributed by atoms with Gasteiger partial charge in [0.05, 0.1) is 6.10 Å². The third-order valence-corrected chi connectivity index (χ3v) is 2.90. The molecule has 1 aliphatic rings. The first-order chi connectivity index (χ1) is 7.38. The molecule has 0 aliphatic carbocycles. The summed E-state index contributed by atoms with van der Waals surface area (Å²) in [6.07, 6.45) is 2.47. The number of hydrogen-bond donors (Lipinski definition) is 1. The Balaban J connectivity index is 1.89. The Bertz CT molecular complexity index is 289. The smallest absolute Gasteiger partial charge is 0.0914 e. The number of piperidine rings is 1. The summed E-state index contributed by atoms with van der Waals surface area (Å²) in [6.45, 7) is 3.10. The van der Waals surface area contributed by atoms with Crippen molar-refractivity contribution in [3.63, 3.8) is 0 Å². The Morgan fingerprint density at radius 2 is 2.13 bits per heavy atom. The second kappa shape index (κ2) is 5.26. The maximum absolute atomic E-state index is 5.23. The van der Waals surface area contributed by atoms with Crippen LogP contribution < -0.4 is 5.90 Å². The van der Waals surface area contributed by atoms with Gasteiger partial charge in [0.2, 0.25) is 0 Å². The van der Waals surface area contributed by atoms with Crippen LogP contribution in [0, 0.1) is 0 Å². The van der Waals surface area contributed by atoms with Gasteiger partial charge in [0.15, 0.2) is 0 Å². The normalized spacial score (nSPS) is 22.9. The lowest BCUT2D eigenvalue weighted by Crippen LogP contribution is -2.40. The van der Waals surface area contributed by atoms with Crippen molar-refractivity contribution in [1.29, 1.82) is 0 Å². The summed E-state index contributed by atoms with van der Waals surface area (Å²) in [5, 5.41) is 0. The third-order valence-electron chi connectivity index (χ3n) is 2.90. The van der Waals surface area contributed by atoms with Gasteiger partial charge in [0, 0.05) is 13.1 Å². The van der Waals surface area contributed by atoms with Crippen molar-refractivity contribution in [2.24, 2.45) is 5.90 Å². The molecule has 0 amide bonds. The molecule has 3 heteroatoms. The molecule has 0 saturated carbocycles. The van der Waals surface area contributed by atoms with Crippen molar-refractivity contribution < 1.29 is 4.84 Å². The summed E-state index contributed by atoms with van der Waals surface area (Å²) < 4.78 is 0. The van der Waals surface area contributed by atoms with Crippen LogP contribution in [0.2, 0.25) is 0 Å². The fourth-order valence-corrected chi connectivity index (χ4v) is 2.11. The average Bonchev–Trinajstić information content (AvgIpc) is 2.31. The van der Waals surface area contributed by atoms with Crippen molar-refractivity contribution in [1.82, 2.24) is 4.90 Å². The van der Waals surface area contributed by atoms with Crippen LogP contribution in [-0.2, 0) is 11.4 Å². The van der Waals surface area contributed by atoms with Crippen LogP contribution in [0.1, 0.15) is 18.4 Å². The van der Waals surface area contributed by atoms with Gasteiger partial charge >= 0.3 is 0 Å². The molecule has 0 bridgehead atoms. The minimum absolute atomic E-state index is 0.211. The molecule has 15 heavy (non-hydrogen) atoms. The highest BCUT2D eigenvalue weighted by molar-refractivity contribution is 5.14. The van der Waals surface area contributed by atoms with Crippen molar-refractivity contribution in [3.05, 3.63) is 35.9 Å². The number of hydrogen-bond acceptors (Lipinski definition) is 3. The summed E-state index contributed by atoms with van der Waals surface area (Å²) in [4.78, 5) is 7.32. The molecule has 1 unspecified atom stereocenters. The average molecular weight is 206 g/mol. The molecule has 0 spiro atoms. The summed E-state index contributed by atoms with van der Waals surface area (Å²) in [5.74, 6) is 5.23. The van der Waals surface area contributed by atoms with Crippen LogP contribution in [0.3, 0.4) is 0 Å². The van der Waals surface area contributed by atoms with Gasteiger partial charge in [0.1, 0.15) is 0 Å². The Morgan fingerprint density at radius 3 is 2.87 bits per heavy atom. The van der Waals surface area contributed by atoms with Gasteiger partial charge in [-0.15, -0.1) is 0 Å². The molecule has 1 aromatic carbocycles. The molecule has 2 N–H and O–H groups in total. The SMILES string of the molecule is NOC1CCCN(Cc2ccccc2)C1. The fraction of sp³-hybridized carbons (Fsp3) is 0.500. The summed E-state index contributed by atoms with van der Waals surface area (Å²) in [7, 11) is 0. The quantitative estimate of drug-likeness (QED) is 0.762. The van der Waals surface area contributed by atoms with Gasteiger partial charge < -0.3 is 0 Å². The number of nitrogens with zero attached hydrogens (tertiary/aromatic N) is 1. The summed E-state index contributed by atoms with van der Waals surface area (Å²) >= 11 is 0. The van der Waals surface area contributed by atoms with E-state index in [2.05, 4.69) is 29.2 Å². The van der Waals surface area contributed by atoms with Gasteiger partial charge in [0.25, 0.3) is 0 Å². The second-order valence-corrected chi connectivity index (χ2v) is 4.12. The molecule has 0 aromatic heterocycles. The number of likely N-dealkylation sites (tertiary alicyclic amines) is 1. The van der Waals surface area contributed by atoms with Crippen LogP contribution in [0.4, 0.5) is 0 Å². The van der Waals surface area contributed by atoms with E-state index in [0.717, 1.165) is 26.1 Å². The molecule has 1 saturated heterocycles.